The predicted molar refractivity (Wildman–Crippen MR) is 306 cm³/mol. The first-order valence-corrected chi connectivity index (χ1v) is 29.6. The number of hydrogen-bond donors (Lipinski definition) is 2. The second-order valence-electron chi connectivity index (χ2n) is 18.0. The highest BCUT2D eigenvalue weighted by Gasteiger charge is 2.28. The Hall–Kier alpha value is -4.38. The normalized spacial score (nSPS) is 14.4. The number of aliphatic hydroxyl groups is 1. The zero-order chi connectivity index (χ0) is 54.1. The number of unbranched alkanes of at least 4 members (excludes halogenated alkanes) is 11. The highest BCUT2D eigenvalue weighted by Crippen LogP contribution is 2.43. The molecule has 0 amide bonds. The first kappa shape index (κ1) is 69.6. The summed E-state index contributed by atoms with van der Waals surface area (Å²) in [6, 6.07) is 0. The first-order valence-electron chi connectivity index (χ1n) is 28.1. The van der Waals surface area contributed by atoms with Crippen molar-refractivity contribution in [1.29, 1.82) is 0 Å². The van der Waals surface area contributed by atoms with Gasteiger partial charge in [-0.05, 0) is 122 Å². The molecule has 11 nitrogen and oxygen atoms in total. The summed E-state index contributed by atoms with van der Waals surface area (Å²) in [5.41, 5.74) is 0. The quantitative estimate of drug-likeness (QED) is 0.0197. The van der Waals surface area contributed by atoms with Crippen molar-refractivity contribution in [2.75, 3.05) is 26.4 Å². The molecule has 0 saturated carbocycles. The van der Waals surface area contributed by atoms with Crippen LogP contribution in [-0.2, 0) is 42.2 Å². The molecule has 3 atom stereocenters. The standard InChI is InChI=1S/C62H99O11P/c1-4-7-10-13-16-19-22-25-27-28-29-30-32-35-38-41-44-47-50-53-62(66)73-59(55-69-60(64)51-48-45-42-39-36-34-31-26-23-20-17-14-11-8-5-2)57-71-74(67,68)70-56-58(54-63)72-61(65)52-49-46-43-40-37-33-24-21-18-15-12-9-6-3/h7,9-10,12,16-21,25-27,29-31,33,35,37-38,44,47,58-59,63H,4-6,8,11,13-15,22-24,28,32,34,36,39-43,45-46,48-57H2,1-3H3,(H,67,68)/b10-7-,12-9-,19-16-,20-17-,21-18-,27-25-,30-29-,31-26-,37-33-,38-35-,47-44-. The van der Waals surface area contributed by atoms with E-state index in [2.05, 4.69) is 142 Å². The number of allylic oxidation sites excluding steroid dienone is 22. The number of rotatable bonds is 50. The summed E-state index contributed by atoms with van der Waals surface area (Å²) < 4.78 is 39.3. The van der Waals surface area contributed by atoms with Gasteiger partial charge in [0.15, 0.2) is 6.10 Å². The Labute approximate surface area is 449 Å². The van der Waals surface area contributed by atoms with Crippen LogP contribution in [0.15, 0.2) is 134 Å². The van der Waals surface area contributed by atoms with Gasteiger partial charge in [-0.25, -0.2) is 4.57 Å². The van der Waals surface area contributed by atoms with Gasteiger partial charge in [-0.3, -0.25) is 23.4 Å². The van der Waals surface area contributed by atoms with E-state index in [1.54, 1.807) is 0 Å². The average molecular weight is 1050 g/mol. The fourth-order valence-corrected chi connectivity index (χ4v) is 7.62. The third-order valence-corrected chi connectivity index (χ3v) is 12.0. The maximum atomic E-state index is 12.9. The van der Waals surface area contributed by atoms with Crippen LogP contribution in [0.3, 0.4) is 0 Å². The molecule has 0 spiro atoms. The van der Waals surface area contributed by atoms with Gasteiger partial charge in [0.1, 0.15) is 12.7 Å². The van der Waals surface area contributed by atoms with Gasteiger partial charge in [0.25, 0.3) is 0 Å². The molecule has 12 heteroatoms. The first-order chi connectivity index (χ1) is 36.2. The van der Waals surface area contributed by atoms with Gasteiger partial charge in [-0.15, -0.1) is 0 Å². The Morgan fingerprint density at radius 2 is 0.730 bits per heavy atom. The van der Waals surface area contributed by atoms with Crippen molar-refractivity contribution in [3.63, 3.8) is 0 Å². The van der Waals surface area contributed by atoms with E-state index in [1.165, 1.54) is 19.3 Å². The third kappa shape index (κ3) is 52.5. The lowest BCUT2D eigenvalue weighted by atomic mass is 10.1. The largest absolute Gasteiger partial charge is 0.472 e. The molecule has 0 radical (unpaired) electrons. The number of ether oxygens (including phenoxy) is 3. The van der Waals surface area contributed by atoms with E-state index in [0.717, 1.165) is 116 Å². The Morgan fingerprint density at radius 3 is 1.18 bits per heavy atom. The van der Waals surface area contributed by atoms with Crippen molar-refractivity contribution in [2.24, 2.45) is 0 Å². The fourth-order valence-electron chi connectivity index (χ4n) is 6.84. The lowest BCUT2D eigenvalue weighted by molar-refractivity contribution is -0.161. The maximum Gasteiger partial charge on any atom is 0.472 e. The highest BCUT2D eigenvalue weighted by atomic mass is 31.2. The number of hydrogen-bond acceptors (Lipinski definition) is 10. The Kier molecular flexibility index (Phi) is 51.6. The minimum atomic E-state index is -4.79. The molecule has 74 heavy (non-hydrogen) atoms. The van der Waals surface area contributed by atoms with Crippen LogP contribution in [-0.4, -0.2) is 66.5 Å². The van der Waals surface area contributed by atoms with E-state index >= 15 is 0 Å². The van der Waals surface area contributed by atoms with Crippen LogP contribution in [0.1, 0.15) is 201 Å². The molecule has 0 aliphatic heterocycles. The Balaban J connectivity index is 4.92. The molecule has 0 bridgehead atoms. The molecule has 0 aliphatic rings. The molecule has 0 heterocycles. The summed E-state index contributed by atoms with van der Waals surface area (Å²) in [4.78, 5) is 48.4. The van der Waals surface area contributed by atoms with E-state index in [9.17, 15) is 28.9 Å². The maximum absolute atomic E-state index is 12.9. The summed E-state index contributed by atoms with van der Waals surface area (Å²) in [6.45, 7) is 4.22. The van der Waals surface area contributed by atoms with Crippen molar-refractivity contribution >= 4 is 25.7 Å². The van der Waals surface area contributed by atoms with Crippen molar-refractivity contribution in [1.82, 2.24) is 0 Å². The summed E-state index contributed by atoms with van der Waals surface area (Å²) >= 11 is 0. The van der Waals surface area contributed by atoms with Crippen LogP contribution in [0.25, 0.3) is 0 Å². The van der Waals surface area contributed by atoms with Crippen molar-refractivity contribution in [2.45, 2.75) is 213 Å². The number of phosphoric ester groups is 1. The minimum absolute atomic E-state index is 0.0297. The SMILES string of the molecule is CC/C=C\C/C=C\C/C=C\C/C=C\C/C=C\C/C=C\CCC(=O)OC(COC(=O)CCCCCCC/C=C\C/C=C\CCCCC)COP(=O)(O)OCC(CO)OC(=O)CCCCC/C=C\C/C=C\C/C=C\CC. The van der Waals surface area contributed by atoms with Crippen LogP contribution in [0.2, 0.25) is 0 Å². The van der Waals surface area contributed by atoms with Gasteiger partial charge in [0.2, 0.25) is 0 Å². The van der Waals surface area contributed by atoms with Crippen molar-refractivity contribution < 1.29 is 52.2 Å². The van der Waals surface area contributed by atoms with Gasteiger partial charge in [0.05, 0.1) is 19.8 Å². The van der Waals surface area contributed by atoms with Crippen LogP contribution >= 0.6 is 7.82 Å². The smallest absolute Gasteiger partial charge is 0.462 e. The molecular weight excluding hydrogens is 952 g/mol. The fraction of sp³-hybridized carbons (Fsp3) is 0.597. The van der Waals surface area contributed by atoms with Crippen molar-refractivity contribution in [3.8, 4) is 0 Å². The number of phosphoric acid groups is 1. The van der Waals surface area contributed by atoms with E-state index in [4.69, 9.17) is 23.3 Å². The van der Waals surface area contributed by atoms with Gasteiger partial charge >= 0.3 is 25.7 Å². The van der Waals surface area contributed by atoms with Crippen LogP contribution in [0, 0.1) is 0 Å². The number of esters is 3. The number of aliphatic hydroxyl groups excluding tert-OH is 1. The van der Waals surface area contributed by atoms with Gasteiger partial charge in [-0.2, -0.15) is 0 Å². The van der Waals surface area contributed by atoms with Gasteiger partial charge in [0, 0.05) is 19.3 Å². The summed E-state index contributed by atoms with van der Waals surface area (Å²) in [6.07, 6.45) is 68.6. The average Bonchev–Trinajstić information content (AvgIpc) is 3.39. The highest BCUT2D eigenvalue weighted by molar-refractivity contribution is 7.47. The summed E-state index contributed by atoms with van der Waals surface area (Å²) in [5.74, 6) is -1.63. The topological polar surface area (TPSA) is 155 Å². The van der Waals surface area contributed by atoms with E-state index in [0.29, 0.717) is 25.7 Å². The lowest BCUT2D eigenvalue weighted by Crippen LogP contribution is -2.30. The molecule has 3 unspecified atom stereocenters. The van der Waals surface area contributed by atoms with E-state index in [1.807, 2.05) is 12.2 Å². The molecule has 0 aromatic carbocycles. The number of carbonyl (C=O) groups is 3. The van der Waals surface area contributed by atoms with Gasteiger partial charge in [-0.1, -0.05) is 193 Å². The lowest BCUT2D eigenvalue weighted by Gasteiger charge is -2.21. The molecule has 0 saturated heterocycles. The zero-order valence-electron chi connectivity index (χ0n) is 46.0. The van der Waals surface area contributed by atoms with E-state index < -0.39 is 57.8 Å². The molecule has 418 valence electrons. The minimum Gasteiger partial charge on any atom is -0.462 e. The van der Waals surface area contributed by atoms with E-state index in [-0.39, 0.29) is 25.9 Å². The second-order valence-corrected chi connectivity index (χ2v) is 19.4. The molecule has 0 aromatic rings. The monoisotopic (exact) mass is 1050 g/mol. The predicted octanol–water partition coefficient (Wildman–Crippen LogP) is 16.6. The Morgan fingerprint density at radius 1 is 0.392 bits per heavy atom. The molecule has 0 aromatic heterocycles. The van der Waals surface area contributed by atoms with Crippen LogP contribution < -0.4 is 0 Å². The summed E-state index contributed by atoms with van der Waals surface area (Å²) in [5, 5.41) is 9.79. The van der Waals surface area contributed by atoms with Crippen LogP contribution in [0.4, 0.5) is 0 Å². The molecule has 0 aliphatic carbocycles. The summed E-state index contributed by atoms with van der Waals surface area (Å²) in [7, 11) is -4.79. The second kappa shape index (κ2) is 54.9. The van der Waals surface area contributed by atoms with Crippen LogP contribution in [0.5, 0.6) is 0 Å². The number of carbonyl (C=O) groups excluding carboxylic acids is 3. The Bertz CT molecular complexity index is 1750. The van der Waals surface area contributed by atoms with Gasteiger partial charge < -0.3 is 24.2 Å². The molecule has 0 rings (SSSR count). The molecular formula is C62H99O11P. The van der Waals surface area contributed by atoms with Crippen molar-refractivity contribution in [3.05, 3.63) is 134 Å². The molecule has 2 N–H and O–H groups in total. The third-order valence-electron chi connectivity index (χ3n) is 11.1. The molecule has 0 fully saturated rings. The zero-order valence-corrected chi connectivity index (χ0v) is 46.9.